The van der Waals surface area contributed by atoms with Crippen molar-refractivity contribution in [1.82, 2.24) is 10.3 Å². The van der Waals surface area contributed by atoms with Crippen LogP contribution in [0.5, 0.6) is 11.5 Å². The van der Waals surface area contributed by atoms with Crippen molar-refractivity contribution in [1.29, 1.82) is 0 Å². The number of dihydropyridines is 1. The van der Waals surface area contributed by atoms with Gasteiger partial charge in [0, 0.05) is 40.6 Å². The van der Waals surface area contributed by atoms with Gasteiger partial charge in [-0.25, -0.2) is 4.98 Å². The second-order valence-electron chi connectivity index (χ2n) is 8.00. The minimum atomic E-state index is -0.483. The average Bonchev–Trinajstić information content (AvgIpc) is 3.20. The van der Waals surface area contributed by atoms with Crippen LogP contribution in [0.15, 0.2) is 58.9 Å². The van der Waals surface area contributed by atoms with Crippen molar-refractivity contribution in [2.75, 3.05) is 12.1 Å². The molecule has 7 heteroatoms. The van der Waals surface area contributed by atoms with Gasteiger partial charge in [0.05, 0.1) is 0 Å². The molecule has 0 bridgehead atoms. The summed E-state index contributed by atoms with van der Waals surface area (Å²) in [4.78, 5) is 30.8. The molecule has 0 fully saturated rings. The van der Waals surface area contributed by atoms with Crippen molar-refractivity contribution in [3.05, 3.63) is 70.2 Å². The number of aromatic nitrogens is 1. The summed E-state index contributed by atoms with van der Waals surface area (Å²) >= 11 is 0. The highest BCUT2D eigenvalue weighted by Gasteiger charge is 2.39. The van der Waals surface area contributed by atoms with E-state index in [-0.39, 0.29) is 18.5 Å². The predicted molar refractivity (Wildman–Crippen MR) is 115 cm³/mol. The molecule has 0 radical (unpaired) electrons. The van der Waals surface area contributed by atoms with Crippen LogP contribution in [0.25, 0.3) is 0 Å². The van der Waals surface area contributed by atoms with E-state index >= 15 is 0 Å². The maximum Gasteiger partial charge on any atom is 0.255 e. The maximum absolute atomic E-state index is 13.4. The first-order valence-corrected chi connectivity index (χ1v) is 10.4. The van der Waals surface area contributed by atoms with Crippen LogP contribution in [0, 0.1) is 6.92 Å². The third kappa shape index (κ3) is 3.46. The lowest BCUT2D eigenvalue weighted by Crippen LogP contribution is -2.35. The second-order valence-corrected chi connectivity index (χ2v) is 8.00. The van der Waals surface area contributed by atoms with E-state index < -0.39 is 5.92 Å². The number of fused-ring (bicyclic) bond motifs is 1. The molecular formula is C24H23N3O4. The molecule has 2 aromatic rings. The molecule has 1 amide bonds. The zero-order valence-electron chi connectivity index (χ0n) is 17.5. The largest absolute Gasteiger partial charge is 0.454 e. The number of ketones is 1. The first-order valence-electron chi connectivity index (χ1n) is 10.4. The van der Waals surface area contributed by atoms with Crippen molar-refractivity contribution in [3.8, 4) is 11.5 Å². The van der Waals surface area contributed by atoms with Gasteiger partial charge in [0.2, 0.25) is 6.79 Å². The molecule has 158 valence electrons. The Morgan fingerprint density at radius 3 is 2.81 bits per heavy atom. The highest BCUT2D eigenvalue weighted by molar-refractivity contribution is 6.09. The molecule has 3 aliphatic rings. The molecule has 0 saturated carbocycles. The second kappa shape index (κ2) is 7.58. The molecule has 0 unspecified atom stereocenters. The summed E-state index contributed by atoms with van der Waals surface area (Å²) in [6.45, 7) is 3.91. The van der Waals surface area contributed by atoms with E-state index in [9.17, 15) is 9.59 Å². The first-order chi connectivity index (χ1) is 15.0. The quantitative estimate of drug-likeness (QED) is 0.791. The Hall–Kier alpha value is -3.61. The number of carbonyl (C=O) groups excluding carboxylic acids is 2. The minimum Gasteiger partial charge on any atom is -0.454 e. The Morgan fingerprint density at radius 2 is 1.97 bits per heavy atom. The number of aryl methyl sites for hydroxylation is 1. The average molecular weight is 417 g/mol. The van der Waals surface area contributed by atoms with Gasteiger partial charge < -0.3 is 20.1 Å². The number of rotatable bonds is 3. The van der Waals surface area contributed by atoms with Crippen LogP contribution in [0.2, 0.25) is 0 Å². The lowest BCUT2D eigenvalue weighted by Gasteiger charge is -2.34. The number of hydrogen-bond acceptors (Lipinski definition) is 6. The van der Waals surface area contributed by atoms with Crippen molar-refractivity contribution in [2.24, 2.45) is 0 Å². The van der Waals surface area contributed by atoms with Gasteiger partial charge in [0.1, 0.15) is 5.82 Å². The van der Waals surface area contributed by atoms with E-state index in [1.807, 2.05) is 44.2 Å². The fourth-order valence-electron chi connectivity index (χ4n) is 4.51. The number of nitrogens with one attached hydrogen (secondary N) is 2. The summed E-state index contributed by atoms with van der Waals surface area (Å²) in [6, 6.07) is 11.1. The zero-order valence-corrected chi connectivity index (χ0v) is 17.5. The Kier molecular flexibility index (Phi) is 4.73. The van der Waals surface area contributed by atoms with E-state index in [4.69, 9.17) is 9.47 Å². The smallest absolute Gasteiger partial charge is 0.255 e. The van der Waals surface area contributed by atoms with Gasteiger partial charge in [-0.15, -0.1) is 0 Å². The number of anilines is 1. The summed E-state index contributed by atoms with van der Waals surface area (Å²) in [6.07, 6.45) is 2.07. The number of amides is 1. The Bertz CT molecular complexity index is 1170. The molecule has 5 rings (SSSR count). The van der Waals surface area contributed by atoms with Gasteiger partial charge in [-0.1, -0.05) is 12.1 Å². The molecule has 7 nitrogen and oxygen atoms in total. The third-order valence-electron chi connectivity index (χ3n) is 5.88. The summed E-state index contributed by atoms with van der Waals surface area (Å²) < 4.78 is 11.0. The molecule has 1 atom stereocenters. The van der Waals surface area contributed by atoms with Crippen molar-refractivity contribution in [3.63, 3.8) is 0 Å². The standard InChI is InChI=1S/C24H23N3O4/c1-13-5-3-8-20(25-13)27-24(29)21-14(2)26-16-6-4-7-17(28)23(16)22(21)15-9-10-18-19(11-15)31-12-30-18/h3,5,8-11,22,26H,4,6-7,12H2,1-2H3,(H,25,27,29)/t22-/m1/s1. The van der Waals surface area contributed by atoms with Crippen LogP contribution in [-0.2, 0) is 9.59 Å². The Balaban J connectivity index is 1.59. The number of pyridine rings is 1. The molecule has 0 saturated heterocycles. The maximum atomic E-state index is 13.4. The number of Topliss-reactive ketones (excluding diaryl/α,β-unsaturated/α-hetero) is 1. The van der Waals surface area contributed by atoms with Crippen LogP contribution < -0.4 is 20.1 Å². The molecule has 1 aromatic heterocycles. The molecule has 31 heavy (non-hydrogen) atoms. The Labute approximate surface area is 180 Å². The van der Waals surface area contributed by atoms with Gasteiger partial charge in [-0.05, 0) is 56.5 Å². The highest BCUT2D eigenvalue weighted by Crippen LogP contribution is 2.45. The number of nitrogens with zero attached hydrogens (tertiary/aromatic N) is 1. The molecule has 1 aliphatic carbocycles. The summed E-state index contributed by atoms with van der Waals surface area (Å²) in [5.74, 6) is 1.07. The van der Waals surface area contributed by atoms with Crippen LogP contribution in [0.4, 0.5) is 5.82 Å². The van der Waals surface area contributed by atoms with Gasteiger partial charge in [0.25, 0.3) is 5.91 Å². The van der Waals surface area contributed by atoms with Gasteiger partial charge >= 0.3 is 0 Å². The van der Waals surface area contributed by atoms with Crippen molar-refractivity contribution in [2.45, 2.75) is 39.0 Å². The van der Waals surface area contributed by atoms with Crippen LogP contribution >= 0.6 is 0 Å². The number of hydrogen-bond donors (Lipinski definition) is 2. The number of allylic oxidation sites excluding steroid dienone is 3. The minimum absolute atomic E-state index is 0.0721. The summed E-state index contributed by atoms with van der Waals surface area (Å²) in [5, 5.41) is 6.24. The van der Waals surface area contributed by atoms with Gasteiger partial charge in [0.15, 0.2) is 17.3 Å². The molecule has 3 heterocycles. The molecular weight excluding hydrogens is 394 g/mol. The SMILES string of the molecule is CC1=C(C(=O)Nc2cccc(C)n2)[C@@H](c2ccc3c(c2)OCO3)C2=C(CCCC2=O)N1. The normalized spacial score (nSPS) is 19.8. The predicted octanol–water partition coefficient (Wildman–Crippen LogP) is 3.73. The van der Waals surface area contributed by atoms with Crippen molar-refractivity contribution < 1.29 is 19.1 Å². The fourth-order valence-corrected chi connectivity index (χ4v) is 4.51. The topological polar surface area (TPSA) is 89.6 Å². The number of ether oxygens (including phenoxy) is 2. The summed E-state index contributed by atoms with van der Waals surface area (Å²) in [5.41, 5.74) is 4.46. The third-order valence-corrected chi connectivity index (χ3v) is 5.88. The Morgan fingerprint density at radius 1 is 1.13 bits per heavy atom. The number of carbonyl (C=O) groups is 2. The molecule has 2 aliphatic heterocycles. The monoisotopic (exact) mass is 417 g/mol. The van der Waals surface area contributed by atoms with E-state index in [0.29, 0.717) is 34.9 Å². The molecule has 0 spiro atoms. The highest BCUT2D eigenvalue weighted by atomic mass is 16.7. The fraction of sp³-hybridized carbons (Fsp3) is 0.292. The lowest BCUT2D eigenvalue weighted by molar-refractivity contribution is -0.116. The van der Waals surface area contributed by atoms with Gasteiger partial charge in [-0.3, -0.25) is 9.59 Å². The van der Waals surface area contributed by atoms with E-state index in [1.54, 1.807) is 6.07 Å². The van der Waals surface area contributed by atoms with E-state index in [2.05, 4.69) is 15.6 Å². The van der Waals surface area contributed by atoms with Crippen LogP contribution in [0.1, 0.15) is 43.4 Å². The number of benzene rings is 1. The van der Waals surface area contributed by atoms with Crippen molar-refractivity contribution >= 4 is 17.5 Å². The van der Waals surface area contributed by atoms with E-state index in [1.165, 1.54) is 0 Å². The van der Waals surface area contributed by atoms with E-state index in [0.717, 1.165) is 35.5 Å². The molecule has 2 N–H and O–H groups in total. The van der Waals surface area contributed by atoms with Crippen LogP contribution in [0.3, 0.4) is 0 Å². The van der Waals surface area contributed by atoms with Crippen LogP contribution in [-0.4, -0.2) is 23.5 Å². The van der Waals surface area contributed by atoms with Gasteiger partial charge in [-0.2, -0.15) is 0 Å². The molecule has 1 aromatic carbocycles. The first kappa shape index (κ1) is 19.4. The lowest BCUT2D eigenvalue weighted by atomic mass is 9.75. The summed E-state index contributed by atoms with van der Waals surface area (Å²) in [7, 11) is 0. The zero-order chi connectivity index (χ0) is 21.5.